The van der Waals surface area contributed by atoms with Gasteiger partial charge in [-0.3, -0.25) is 9.59 Å². The molecule has 1 aromatic carbocycles. The van der Waals surface area contributed by atoms with E-state index in [-0.39, 0.29) is 23.7 Å². The van der Waals surface area contributed by atoms with Crippen LogP contribution >= 0.6 is 0 Å². The predicted octanol–water partition coefficient (Wildman–Crippen LogP) is 1.33. The Bertz CT molecular complexity index is 883. The van der Waals surface area contributed by atoms with E-state index in [1.807, 2.05) is 0 Å². The molecule has 8 nitrogen and oxygen atoms in total. The zero-order chi connectivity index (χ0) is 18.7. The number of methoxy groups -OCH3 is 2. The highest BCUT2D eigenvalue weighted by Crippen LogP contribution is 2.26. The number of aliphatic hydroxyl groups excluding tert-OH is 1. The van der Waals surface area contributed by atoms with Crippen molar-refractivity contribution in [3.8, 4) is 11.5 Å². The van der Waals surface area contributed by atoms with Gasteiger partial charge in [0.25, 0.3) is 11.8 Å². The third-order valence-corrected chi connectivity index (χ3v) is 4.01. The van der Waals surface area contributed by atoms with Crippen molar-refractivity contribution in [3.63, 3.8) is 0 Å². The second-order valence-electron chi connectivity index (χ2n) is 5.54. The van der Waals surface area contributed by atoms with Crippen LogP contribution in [0.2, 0.25) is 0 Å². The first-order valence-electron chi connectivity index (χ1n) is 7.81. The summed E-state index contributed by atoms with van der Waals surface area (Å²) in [4.78, 5) is 32.3. The van der Waals surface area contributed by atoms with E-state index in [2.05, 4.69) is 15.3 Å². The molecule has 0 saturated heterocycles. The number of dihydropyridines is 2. The van der Waals surface area contributed by atoms with Gasteiger partial charge in [-0.1, -0.05) is 6.08 Å². The molecule has 1 atom stereocenters. The van der Waals surface area contributed by atoms with Gasteiger partial charge < -0.3 is 19.9 Å². The number of hydrogen-bond donors (Lipinski definition) is 2. The minimum atomic E-state index is -0.823. The highest BCUT2D eigenvalue weighted by atomic mass is 16.5. The van der Waals surface area contributed by atoms with Crippen LogP contribution in [0.5, 0.6) is 11.5 Å². The number of nitrogens with zero attached hydrogens (tertiary/aromatic N) is 2. The van der Waals surface area contributed by atoms with Crippen LogP contribution < -0.4 is 14.8 Å². The van der Waals surface area contributed by atoms with E-state index in [1.165, 1.54) is 20.4 Å². The summed E-state index contributed by atoms with van der Waals surface area (Å²) in [6.45, 7) is 0.0818. The number of benzene rings is 1. The van der Waals surface area contributed by atoms with Gasteiger partial charge in [0.05, 0.1) is 20.1 Å². The molecule has 134 valence electrons. The standard InChI is InChI=1S/C18H17N3O5/c1-25-11-5-6-13(26-2)10(8-11)9-20-17(23)14-15(22)12-4-3-7-19-16(12)21-18(14)24/h3-8,12,22H,9H2,1-2H3,(H,20,23). The molecule has 0 radical (unpaired) electrons. The Hall–Kier alpha value is -3.42. The van der Waals surface area contributed by atoms with Crippen LogP contribution in [-0.4, -0.2) is 43.2 Å². The van der Waals surface area contributed by atoms with Crippen molar-refractivity contribution in [2.75, 3.05) is 14.2 Å². The SMILES string of the molecule is COc1ccc(OC)c(CNC(=O)C2=C(O)C3C=CC=NC3=NC2=O)c1. The van der Waals surface area contributed by atoms with Crippen molar-refractivity contribution in [2.45, 2.75) is 6.54 Å². The lowest BCUT2D eigenvalue weighted by Gasteiger charge is -2.20. The molecule has 0 aromatic heterocycles. The van der Waals surface area contributed by atoms with Crippen molar-refractivity contribution >= 4 is 23.9 Å². The smallest absolute Gasteiger partial charge is 0.287 e. The summed E-state index contributed by atoms with van der Waals surface area (Å²) < 4.78 is 10.4. The maximum absolute atomic E-state index is 12.5. The van der Waals surface area contributed by atoms with Crippen LogP contribution in [0.15, 0.2) is 51.7 Å². The van der Waals surface area contributed by atoms with Crippen molar-refractivity contribution < 1.29 is 24.2 Å². The minimum absolute atomic E-state index is 0.0818. The third kappa shape index (κ3) is 3.21. The van der Waals surface area contributed by atoms with E-state index in [1.54, 1.807) is 30.4 Å². The number of amides is 2. The Labute approximate surface area is 149 Å². The largest absolute Gasteiger partial charge is 0.510 e. The first-order chi connectivity index (χ1) is 12.5. The topological polar surface area (TPSA) is 110 Å². The number of carbonyl (C=O) groups is 2. The number of carbonyl (C=O) groups excluding carboxylic acids is 2. The van der Waals surface area contributed by atoms with Crippen molar-refractivity contribution in [1.82, 2.24) is 5.32 Å². The second-order valence-corrected chi connectivity index (χ2v) is 5.54. The quantitative estimate of drug-likeness (QED) is 0.775. The molecule has 8 heteroatoms. The summed E-state index contributed by atoms with van der Waals surface area (Å²) in [5.74, 6) is -1.26. The Balaban J connectivity index is 1.79. The molecule has 0 bridgehead atoms. The molecule has 26 heavy (non-hydrogen) atoms. The fourth-order valence-corrected chi connectivity index (χ4v) is 2.68. The van der Waals surface area contributed by atoms with Crippen LogP contribution in [0, 0.1) is 5.92 Å². The van der Waals surface area contributed by atoms with Gasteiger partial charge in [-0.15, -0.1) is 0 Å². The van der Waals surface area contributed by atoms with E-state index in [9.17, 15) is 14.7 Å². The van der Waals surface area contributed by atoms with Crippen LogP contribution in [0.25, 0.3) is 0 Å². The van der Waals surface area contributed by atoms with E-state index < -0.39 is 17.7 Å². The number of ether oxygens (including phenoxy) is 2. The van der Waals surface area contributed by atoms with E-state index in [0.717, 1.165) is 0 Å². The highest BCUT2D eigenvalue weighted by Gasteiger charge is 2.34. The summed E-state index contributed by atoms with van der Waals surface area (Å²) in [5, 5.41) is 12.9. The Kier molecular flexibility index (Phi) is 4.83. The maximum Gasteiger partial charge on any atom is 0.287 e. The molecule has 0 fully saturated rings. The van der Waals surface area contributed by atoms with Gasteiger partial charge >= 0.3 is 0 Å². The molecule has 2 N–H and O–H groups in total. The number of aliphatic imine (C=N–C) groups is 2. The molecule has 2 heterocycles. The van der Waals surface area contributed by atoms with Crippen LogP contribution in [0.4, 0.5) is 0 Å². The lowest BCUT2D eigenvalue weighted by molar-refractivity contribution is -0.122. The number of allylic oxidation sites excluding steroid dienone is 1. The average Bonchev–Trinajstić information content (AvgIpc) is 2.66. The molecule has 0 spiro atoms. The number of hydrogen-bond acceptors (Lipinski definition) is 6. The Morgan fingerprint density at radius 1 is 1.31 bits per heavy atom. The third-order valence-electron chi connectivity index (χ3n) is 4.01. The van der Waals surface area contributed by atoms with E-state index >= 15 is 0 Å². The zero-order valence-corrected chi connectivity index (χ0v) is 14.2. The number of amidine groups is 1. The van der Waals surface area contributed by atoms with Gasteiger partial charge in [-0.2, -0.15) is 4.99 Å². The predicted molar refractivity (Wildman–Crippen MR) is 94.6 cm³/mol. The maximum atomic E-state index is 12.5. The molecular formula is C18H17N3O5. The second kappa shape index (κ2) is 7.22. The highest BCUT2D eigenvalue weighted by molar-refractivity contribution is 6.24. The fraction of sp³-hybridized carbons (Fsp3) is 0.222. The summed E-state index contributed by atoms with van der Waals surface area (Å²) in [6, 6.07) is 5.16. The monoisotopic (exact) mass is 355 g/mol. The van der Waals surface area contributed by atoms with Crippen molar-refractivity contribution in [3.05, 3.63) is 47.2 Å². The molecule has 2 aliphatic heterocycles. The minimum Gasteiger partial charge on any atom is -0.510 e. The Morgan fingerprint density at radius 3 is 2.85 bits per heavy atom. The normalized spacial score (nSPS) is 18.3. The molecule has 1 unspecified atom stereocenters. The molecule has 2 aliphatic rings. The van der Waals surface area contributed by atoms with Crippen molar-refractivity contribution in [1.29, 1.82) is 0 Å². The summed E-state index contributed by atoms with van der Waals surface area (Å²) in [7, 11) is 3.04. The number of aliphatic hydroxyl groups is 1. The van der Waals surface area contributed by atoms with Gasteiger partial charge in [0, 0.05) is 18.3 Å². The summed E-state index contributed by atoms with van der Waals surface area (Å²) in [6.07, 6.45) is 4.70. The molecule has 1 aromatic rings. The van der Waals surface area contributed by atoms with Crippen LogP contribution in [-0.2, 0) is 16.1 Å². The first-order valence-corrected chi connectivity index (χ1v) is 7.81. The molecule has 0 saturated carbocycles. The summed E-state index contributed by atoms with van der Waals surface area (Å²) in [5.41, 5.74) is 0.275. The van der Waals surface area contributed by atoms with Gasteiger partial charge in [0.1, 0.15) is 28.7 Å². The Morgan fingerprint density at radius 2 is 2.12 bits per heavy atom. The van der Waals surface area contributed by atoms with E-state index in [4.69, 9.17) is 9.47 Å². The number of fused-ring (bicyclic) bond motifs is 1. The lowest BCUT2D eigenvalue weighted by Crippen LogP contribution is -2.34. The van der Waals surface area contributed by atoms with Crippen LogP contribution in [0.3, 0.4) is 0 Å². The molecule has 3 rings (SSSR count). The lowest BCUT2D eigenvalue weighted by atomic mass is 9.96. The fourth-order valence-electron chi connectivity index (χ4n) is 2.68. The average molecular weight is 355 g/mol. The van der Waals surface area contributed by atoms with Crippen LogP contribution in [0.1, 0.15) is 5.56 Å². The molecular weight excluding hydrogens is 338 g/mol. The molecule has 0 aliphatic carbocycles. The van der Waals surface area contributed by atoms with Gasteiger partial charge in [0.15, 0.2) is 0 Å². The van der Waals surface area contributed by atoms with E-state index in [0.29, 0.717) is 17.1 Å². The number of rotatable bonds is 5. The summed E-state index contributed by atoms with van der Waals surface area (Å²) >= 11 is 0. The first kappa shape index (κ1) is 17.4. The number of nitrogens with one attached hydrogen (secondary N) is 1. The van der Waals surface area contributed by atoms with Gasteiger partial charge in [0.2, 0.25) is 0 Å². The van der Waals surface area contributed by atoms with Gasteiger partial charge in [-0.25, -0.2) is 4.99 Å². The molecule has 2 amide bonds. The van der Waals surface area contributed by atoms with Crippen molar-refractivity contribution in [2.24, 2.45) is 15.9 Å². The van der Waals surface area contributed by atoms with Gasteiger partial charge in [-0.05, 0) is 24.3 Å². The zero-order valence-electron chi connectivity index (χ0n) is 14.2.